The van der Waals surface area contributed by atoms with Crippen LogP contribution in [0.25, 0.3) is 5.70 Å². The Bertz CT molecular complexity index is 353. The van der Waals surface area contributed by atoms with Gasteiger partial charge < -0.3 is 5.11 Å². The monoisotopic (exact) mass is 235 g/mol. The highest BCUT2D eigenvalue weighted by atomic mass is 16.3. The van der Waals surface area contributed by atoms with E-state index < -0.39 is 6.10 Å². The molecular formula is C13H21N3O. The van der Waals surface area contributed by atoms with E-state index in [0.29, 0.717) is 12.3 Å². The van der Waals surface area contributed by atoms with Gasteiger partial charge in [-0.25, -0.2) is 9.67 Å². The third-order valence-electron chi connectivity index (χ3n) is 3.47. The lowest BCUT2D eigenvalue weighted by Crippen LogP contribution is -2.16. The summed E-state index contributed by atoms with van der Waals surface area (Å²) in [5, 5.41) is 14.2. The molecule has 94 valence electrons. The van der Waals surface area contributed by atoms with Gasteiger partial charge in [-0.15, -0.1) is 0 Å². The van der Waals surface area contributed by atoms with Gasteiger partial charge in [0.2, 0.25) is 0 Å². The maximum absolute atomic E-state index is 10.1. The third kappa shape index (κ3) is 3.16. The molecule has 4 heteroatoms. The van der Waals surface area contributed by atoms with E-state index in [1.54, 1.807) is 11.0 Å². The molecule has 1 aliphatic carbocycles. The van der Waals surface area contributed by atoms with Crippen molar-refractivity contribution >= 4 is 5.70 Å². The van der Waals surface area contributed by atoms with Gasteiger partial charge in [-0.1, -0.05) is 32.3 Å². The second-order valence-electron chi connectivity index (χ2n) is 4.75. The molecule has 0 saturated heterocycles. The minimum absolute atomic E-state index is 0.446. The zero-order chi connectivity index (χ0) is 12.1. The molecule has 1 fully saturated rings. The second-order valence-corrected chi connectivity index (χ2v) is 4.75. The molecule has 0 aliphatic heterocycles. The lowest BCUT2D eigenvalue weighted by atomic mass is 9.88. The quantitative estimate of drug-likeness (QED) is 0.872. The summed E-state index contributed by atoms with van der Waals surface area (Å²) in [7, 11) is 0. The van der Waals surface area contributed by atoms with Crippen LogP contribution in [0.4, 0.5) is 0 Å². The molecule has 1 aromatic rings. The Morgan fingerprint density at radius 3 is 2.82 bits per heavy atom. The van der Waals surface area contributed by atoms with Crippen LogP contribution >= 0.6 is 0 Å². The van der Waals surface area contributed by atoms with Gasteiger partial charge in [0.05, 0.1) is 11.8 Å². The van der Waals surface area contributed by atoms with Crippen molar-refractivity contribution in [3.8, 4) is 0 Å². The molecule has 0 bridgehead atoms. The van der Waals surface area contributed by atoms with E-state index in [-0.39, 0.29) is 0 Å². The van der Waals surface area contributed by atoms with Gasteiger partial charge in [-0.3, -0.25) is 0 Å². The minimum atomic E-state index is -0.446. The molecule has 4 nitrogen and oxygen atoms in total. The summed E-state index contributed by atoms with van der Waals surface area (Å²) in [5.41, 5.74) is 0.886. The topological polar surface area (TPSA) is 50.9 Å². The van der Waals surface area contributed by atoms with Crippen molar-refractivity contribution in [3.05, 3.63) is 18.7 Å². The predicted octanol–water partition coefficient (Wildman–Crippen LogP) is 2.47. The Hall–Kier alpha value is -1.16. The third-order valence-corrected chi connectivity index (χ3v) is 3.47. The summed E-state index contributed by atoms with van der Waals surface area (Å²) in [6.07, 6.45) is 12.0. The summed E-state index contributed by atoms with van der Waals surface area (Å²) in [6.45, 7) is 1.98. The number of allylic oxidation sites excluding steroid dienone is 1. The molecule has 1 heterocycles. The van der Waals surface area contributed by atoms with E-state index in [2.05, 4.69) is 16.2 Å². The summed E-state index contributed by atoms with van der Waals surface area (Å²) >= 11 is 0. The maximum atomic E-state index is 10.1. The average molecular weight is 235 g/mol. The first-order valence-electron chi connectivity index (χ1n) is 6.56. The summed E-state index contributed by atoms with van der Waals surface area (Å²) in [5.74, 6) is 0.587. The molecule has 0 amide bonds. The molecule has 1 aromatic heterocycles. The molecule has 2 rings (SSSR count). The van der Waals surface area contributed by atoms with Crippen molar-refractivity contribution in [1.29, 1.82) is 0 Å². The lowest BCUT2D eigenvalue weighted by Gasteiger charge is -2.21. The van der Waals surface area contributed by atoms with Gasteiger partial charge >= 0.3 is 0 Å². The molecule has 1 unspecified atom stereocenters. The van der Waals surface area contributed by atoms with Crippen LogP contribution in [0.3, 0.4) is 0 Å². The smallest absolute Gasteiger partial charge is 0.138 e. The molecule has 17 heavy (non-hydrogen) atoms. The number of hydrogen-bond acceptors (Lipinski definition) is 3. The van der Waals surface area contributed by atoms with Crippen molar-refractivity contribution in [1.82, 2.24) is 14.8 Å². The largest absolute Gasteiger partial charge is 0.387 e. The summed E-state index contributed by atoms with van der Waals surface area (Å²) < 4.78 is 1.70. The minimum Gasteiger partial charge on any atom is -0.387 e. The molecule has 0 radical (unpaired) electrons. The highest BCUT2D eigenvalue weighted by Gasteiger charge is 2.17. The number of aliphatic hydroxyl groups is 1. The SMILES string of the molecule is CCC(O)C(=CC1CCCCC1)n1cncn1. The van der Waals surface area contributed by atoms with Crippen molar-refractivity contribution < 1.29 is 5.11 Å². The fourth-order valence-electron chi connectivity index (χ4n) is 2.43. The standard InChI is InChI=1S/C13H21N3O/c1-2-13(17)12(16-10-14-9-15-16)8-11-6-4-3-5-7-11/h8-11,13,17H,2-7H2,1H3. The zero-order valence-corrected chi connectivity index (χ0v) is 10.4. The van der Waals surface area contributed by atoms with Crippen molar-refractivity contribution in [2.75, 3.05) is 0 Å². The second kappa shape index (κ2) is 5.96. The van der Waals surface area contributed by atoms with Crippen LogP contribution in [-0.4, -0.2) is 26.0 Å². The van der Waals surface area contributed by atoms with Gasteiger partial charge in [0.1, 0.15) is 12.7 Å². The van der Waals surface area contributed by atoms with E-state index >= 15 is 0 Å². The van der Waals surface area contributed by atoms with E-state index in [1.807, 2.05) is 6.92 Å². The van der Waals surface area contributed by atoms with Crippen molar-refractivity contribution in [3.63, 3.8) is 0 Å². The van der Waals surface area contributed by atoms with Gasteiger partial charge in [0.15, 0.2) is 0 Å². The fraction of sp³-hybridized carbons (Fsp3) is 0.692. The lowest BCUT2D eigenvalue weighted by molar-refractivity contribution is 0.219. The fourth-order valence-corrected chi connectivity index (χ4v) is 2.43. The molecule has 1 N–H and O–H groups in total. The number of hydrogen-bond donors (Lipinski definition) is 1. The summed E-state index contributed by atoms with van der Waals surface area (Å²) in [6, 6.07) is 0. The predicted molar refractivity (Wildman–Crippen MR) is 67.2 cm³/mol. The Balaban J connectivity index is 2.17. The van der Waals surface area contributed by atoms with E-state index in [9.17, 15) is 5.11 Å². The average Bonchev–Trinajstić information content (AvgIpc) is 2.90. The van der Waals surface area contributed by atoms with Crippen LogP contribution in [0.15, 0.2) is 18.7 Å². The Kier molecular flexibility index (Phi) is 4.31. The zero-order valence-electron chi connectivity index (χ0n) is 10.4. The highest BCUT2D eigenvalue weighted by molar-refractivity contribution is 5.48. The first-order valence-corrected chi connectivity index (χ1v) is 6.56. The van der Waals surface area contributed by atoms with E-state index in [4.69, 9.17) is 0 Å². The molecule has 0 aromatic carbocycles. The number of nitrogens with zero attached hydrogens (tertiary/aromatic N) is 3. The first-order chi connectivity index (χ1) is 8.31. The number of aromatic nitrogens is 3. The van der Waals surface area contributed by atoms with Crippen molar-refractivity contribution in [2.24, 2.45) is 5.92 Å². The molecule has 0 spiro atoms. The number of rotatable bonds is 4. The van der Waals surface area contributed by atoms with Gasteiger partial charge in [-0.05, 0) is 25.2 Å². The van der Waals surface area contributed by atoms with Crippen LogP contribution in [0.2, 0.25) is 0 Å². The molecule has 1 saturated carbocycles. The highest BCUT2D eigenvalue weighted by Crippen LogP contribution is 2.27. The Labute approximate surface area is 102 Å². The van der Waals surface area contributed by atoms with Gasteiger partial charge in [-0.2, -0.15) is 5.10 Å². The molecular weight excluding hydrogens is 214 g/mol. The van der Waals surface area contributed by atoms with Crippen LogP contribution in [0.1, 0.15) is 45.4 Å². The van der Waals surface area contributed by atoms with E-state index in [0.717, 1.165) is 5.70 Å². The Morgan fingerprint density at radius 1 is 1.47 bits per heavy atom. The first kappa shape index (κ1) is 12.3. The van der Waals surface area contributed by atoms with Gasteiger partial charge in [0, 0.05) is 0 Å². The molecule has 1 atom stereocenters. The van der Waals surface area contributed by atoms with Crippen LogP contribution < -0.4 is 0 Å². The summed E-state index contributed by atoms with van der Waals surface area (Å²) in [4.78, 5) is 3.95. The van der Waals surface area contributed by atoms with Crippen LogP contribution in [0.5, 0.6) is 0 Å². The van der Waals surface area contributed by atoms with Crippen molar-refractivity contribution in [2.45, 2.75) is 51.6 Å². The normalized spacial score (nSPS) is 20.5. The Morgan fingerprint density at radius 2 is 2.24 bits per heavy atom. The van der Waals surface area contributed by atoms with Crippen LogP contribution in [0, 0.1) is 5.92 Å². The maximum Gasteiger partial charge on any atom is 0.138 e. The molecule has 1 aliphatic rings. The van der Waals surface area contributed by atoms with Crippen LogP contribution in [-0.2, 0) is 0 Å². The number of aliphatic hydroxyl groups excluding tert-OH is 1. The van der Waals surface area contributed by atoms with E-state index in [1.165, 1.54) is 38.4 Å². The van der Waals surface area contributed by atoms with Gasteiger partial charge in [0.25, 0.3) is 0 Å².